The summed E-state index contributed by atoms with van der Waals surface area (Å²) in [7, 11) is -1.48. The molecule has 0 amide bonds. The van der Waals surface area contributed by atoms with Crippen LogP contribution in [0.1, 0.15) is 6.92 Å². The lowest BCUT2D eigenvalue weighted by Gasteiger charge is -2.05. The van der Waals surface area contributed by atoms with Gasteiger partial charge in [0.1, 0.15) is 11.2 Å². The van der Waals surface area contributed by atoms with Crippen molar-refractivity contribution in [3.63, 3.8) is 0 Å². The highest BCUT2D eigenvalue weighted by Crippen LogP contribution is 2.40. The van der Waals surface area contributed by atoms with Gasteiger partial charge in [0.2, 0.25) is 0 Å². The van der Waals surface area contributed by atoms with Gasteiger partial charge in [0.05, 0.1) is 6.61 Å². The summed E-state index contributed by atoms with van der Waals surface area (Å²) in [5.41, 5.74) is 1.61. The average molecular weight is 360 g/mol. The van der Waals surface area contributed by atoms with Crippen LogP contribution >= 0.6 is 8.24 Å². The standard InChI is InChI=1S/C22H17O3P/c1-2-23-26-24-19-13-11-15-7-3-5-9-17(15)21(19)22-18-10-6-4-8-16(18)12-14-20(22)25-26/h3-14H,2H2,1H3. The molecular weight excluding hydrogens is 343 g/mol. The zero-order chi connectivity index (χ0) is 17.5. The molecule has 1 heterocycles. The van der Waals surface area contributed by atoms with Crippen LogP contribution in [0.2, 0.25) is 0 Å². The molecule has 0 radical (unpaired) electrons. The van der Waals surface area contributed by atoms with Crippen molar-refractivity contribution in [2.75, 3.05) is 6.61 Å². The van der Waals surface area contributed by atoms with E-state index in [0.717, 1.165) is 32.7 Å². The minimum atomic E-state index is -1.48. The molecule has 0 aliphatic carbocycles. The Morgan fingerprint density at radius 2 is 1.19 bits per heavy atom. The van der Waals surface area contributed by atoms with Crippen LogP contribution in [0.3, 0.4) is 0 Å². The summed E-state index contributed by atoms with van der Waals surface area (Å²) >= 11 is 0. The predicted molar refractivity (Wildman–Crippen MR) is 108 cm³/mol. The van der Waals surface area contributed by atoms with Crippen LogP contribution in [0.5, 0.6) is 0 Å². The average Bonchev–Trinajstić information content (AvgIpc) is 2.84. The summed E-state index contributed by atoms with van der Waals surface area (Å²) < 4.78 is 18.0. The van der Waals surface area contributed by atoms with E-state index in [2.05, 4.69) is 60.7 Å². The summed E-state index contributed by atoms with van der Waals surface area (Å²) in [5.74, 6) is 0. The number of rotatable bonds is 2. The lowest BCUT2D eigenvalue weighted by molar-refractivity contribution is 0.394. The Bertz CT molecular complexity index is 1210. The number of benzene rings is 4. The van der Waals surface area contributed by atoms with Crippen molar-refractivity contribution >= 4 is 51.7 Å². The molecule has 0 spiro atoms. The predicted octanol–water partition coefficient (Wildman–Crippen LogP) is 7.04. The maximum atomic E-state index is 6.16. The molecule has 0 bridgehead atoms. The Hall–Kier alpha value is -2.74. The van der Waals surface area contributed by atoms with Crippen molar-refractivity contribution in [1.29, 1.82) is 0 Å². The summed E-state index contributed by atoms with van der Waals surface area (Å²) in [4.78, 5) is 0. The fourth-order valence-electron chi connectivity index (χ4n) is 3.51. The zero-order valence-corrected chi connectivity index (χ0v) is 15.2. The van der Waals surface area contributed by atoms with Crippen LogP contribution < -0.4 is 4.52 Å². The molecular formula is C22H17O3P. The monoisotopic (exact) mass is 360 g/mol. The third-order valence-electron chi connectivity index (χ3n) is 4.61. The molecule has 0 fully saturated rings. The SMILES string of the molecule is CCOp1oc2ccc3ccccc3c2c2c(ccc3ccccc32)o1. The normalized spacial score (nSPS) is 11.6. The molecule has 26 heavy (non-hydrogen) atoms. The highest BCUT2D eigenvalue weighted by Gasteiger charge is 2.12. The van der Waals surface area contributed by atoms with Crippen LogP contribution in [-0.4, -0.2) is 6.61 Å². The molecule has 0 unspecified atom stereocenters. The number of fused-ring (bicyclic) bond motifs is 7. The fourth-order valence-corrected chi connectivity index (χ4v) is 4.49. The van der Waals surface area contributed by atoms with Gasteiger partial charge in [-0.3, -0.25) is 4.52 Å². The quantitative estimate of drug-likeness (QED) is 0.338. The molecule has 4 aromatic carbocycles. The van der Waals surface area contributed by atoms with Crippen molar-refractivity contribution in [3.05, 3.63) is 72.8 Å². The van der Waals surface area contributed by atoms with Crippen LogP contribution in [0.4, 0.5) is 0 Å². The first kappa shape index (κ1) is 15.5. The third-order valence-corrected chi connectivity index (χ3v) is 5.77. The van der Waals surface area contributed by atoms with Crippen LogP contribution in [0.25, 0.3) is 43.5 Å². The van der Waals surface area contributed by atoms with Crippen LogP contribution in [0.15, 0.2) is 81.2 Å². The maximum Gasteiger partial charge on any atom is 0.387 e. The zero-order valence-electron chi connectivity index (χ0n) is 14.3. The molecule has 0 aliphatic rings. The number of hydrogen-bond donors (Lipinski definition) is 0. The molecule has 5 rings (SSSR count). The van der Waals surface area contributed by atoms with Crippen molar-refractivity contribution < 1.29 is 12.9 Å². The highest BCUT2D eigenvalue weighted by molar-refractivity contribution is 7.31. The largest absolute Gasteiger partial charge is 0.399 e. The molecule has 0 atom stereocenters. The van der Waals surface area contributed by atoms with Crippen LogP contribution in [0, 0.1) is 0 Å². The second-order valence-electron chi connectivity index (χ2n) is 6.14. The van der Waals surface area contributed by atoms with Gasteiger partial charge in [0.15, 0.2) is 0 Å². The lowest BCUT2D eigenvalue weighted by atomic mass is 9.99. The van der Waals surface area contributed by atoms with E-state index in [0.29, 0.717) is 6.61 Å². The first-order chi connectivity index (χ1) is 12.8. The molecule has 0 aliphatic heterocycles. The first-order valence-electron chi connectivity index (χ1n) is 8.68. The molecule has 0 saturated heterocycles. The van der Waals surface area contributed by atoms with Crippen LogP contribution in [-0.2, 0) is 0 Å². The molecule has 5 aromatic rings. The van der Waals surface area contributed by atoms with Crippen molar-refractivity contribution in [3.8, 4) is 0 Å². The van der Waals surface area contributed by atoms with Gasteiger partial charge in [0.25, 0.3) is 0 Å². The van der Waals surface area contributed by atoms with Crippen molar-refractivity contribution in [1.82, 2.24) is 0 Å². The minimum Gasteiger partial charge on any atom is -0.399 e. The van der Waals surface area contributed by atoms with Gasteiger partial charge in [-0.15, -0.1) is 0 Å². The van der Waals surface area contributed by atoms with Gasteiger partial charge in [-0.05, 0) is 40.6 Å². The highest BCUT2D eigenvalue weighted by atomic mass is 31.1. The van der Waals surface area contributed by atoms with E-state index >= 15 is 0 Å². The van der Waals surface area contributed by atoms with Gasteiger partial charge in [-0.1, -0.05) is 60.7 Å². The number of hydrogen-bond acceptors (Lipinski definition) is 3. The molecule has 0 saturated carbocycles. The van der Waals surface area contributed by atoms with E-state index in [1.807, 2.05) is 19.1 Å². The van der Waals surface area contributed by atoms with E-state index in [-0.39, 0.29) is 0 Å². The van der Waals surface area contributed by atoms with E-state index in [4.69, 9.17) is 12.9 Å². The second-order valence-corrected chi connectivity index (χ2v) is 7.21. The Kier molecular flexibility index (Phi) is 3.70. The Balaban J connectivity index is 2.14. The first-order valence-corrected chi connectivity index (χ1v) is 9.77. The molecule has 0 N–H and O–H groups in total. The van der Waals surface area contributed by atoms with E-state index in [1.165, 1.54) is 10.8 Å². The molecule has 1 aromatic heterocycles. The summed E-state index contributed by atoms with van der Waals surface area (Å²) in [6.45, 7) is 2.49. The van der Waals surface area contributed by atoms with Crippen molar-refractivity contribution in [2.24, 2.45) is 0 Å². The van der Waals surface area contributed by atoms with Gasteiger partial charge >= 0.3 is 8.24 Å². The van der Waals surface area contributed by atoms with Gasteiger partial charge in [-0.2, -0.15) is 0 Å². The van der Waals surface area contributed by atoms with Gasteiger partial charge < -0.3 is 8.39 Å². The Labute approximate surface area is 151 Å². The lowest BCUT2D eigenvalue weighted by Crippen LogP contribution is -1.84. The van der Waals surface area contributed by atoms with E-state index in [1.54, 1.807) is 0 Å². The molecule has 4 heteroatoms. The van der Waals surface area contributed by atoms with E-state index in [9.17, 15) is 0 Å². The van der Waals surface area contributed by atoms with Gasteiger partial charge in [0, 0.05) is 10.8 Å². The summed E-state index contributed by atoms with van der Waals surface area (Å²) in [6.07, 6.45) is 0. The third kappa shape index (κ3) is 2.40. The maximum absolute atomic E-state index is 6.16. The smallest absolute Gasteiger partial charge is 0.387 e. The Morgan fingerprint density at radius 3 is 1.69 bits per heavy atom. The van der Waals surface area contributed by atoms with Crippen molar-refractivity contribution in [2.45, 2.75) is 6.92 Å². The summed E-state index contributed by atoms with van der Waals surface area (Å²) in [6, 6.07) is 25.0. The van der Waals surface area contributed by atoms with E-state index < -0.39 is 8.24 Å². The fraction of sp³-hybridized carbons (Fsp3) is 0.0909. The minimum absolute atomic E-state index is 0.539. The topological polar surface area (TPSA) is 35.5 Å². The second kappa shape index (κ2) is 6.21. The molecule has 128 valence electrons. The summed E-state index contributed by atoms with van der Waals surface area (Å²) in [5, 5.41) is 6.80. The Morgan fingerprint density at radius 1 is 0.692 bits per heavy atom. The van der Waals surface area contributed by atoms with Gasteiger partial charge in [-0.25, -0.2) is 0 Å². The molecule has 3 nitrogen and oxygen atoms in total.